The smallest absolute Gasteiger partial charge is 0.338 e. The predicted molar refractivity (Wildman–Crippen MR) is 62.3 cm³/mol. The summed E-state index contributed by atoms with van der Waals surface area (Å²) in [7, 11) is 1.30. The van der Waals surface area contributed by atoms with E-state index in [0.29, 0.717) is 16.7 Å². The van der Waals surface area contributed by atoms with Crippen LogP contribution in [0.25, 0.3) is 0 Å². The number of hydrogen-bond acceptors (Lipinski definition) is 2. The lowest BCUT2D eigenvalue weighted by Gasteiger charge is -2.12. The molecular weight excluding hydrogens is 258 g/mol. The van der Waals surface area contributed by atoms with E-state index in [1.807, 2.05) is 0 Å². The number of carbonyl (C=O) groups excluding carboxylic acids is 1. The number of halogens is 3. The topological polar surface area (TPSA) is 26.3 Å². The molecule has 0 aliphatic carbocycles. The summed E-state index contributed by atoms with van der Waals surface area (Å²) in [5, 5.41) is 0.835. The molecule has 0 radical (unpaired) electrons. The average molecular weight is 268 g/mol. The molecule has 0 aliphatic rings. The molecule has 0 fully saturated rings. The van der Waals surface area contributed by atoms with Crippen LogP contribution >= 0.6 is 34.8 Å². The largest absolute Gasteiger partial charge is 0.465 e. The summed E-state index contributed by atoms with van der Waals surface area (Å²) >= 11 is 17.8. The van der Waals surface area contributed by atoms with Gasteiger partial charge in [-0.3, -0.25) is 0 Å². The first-order valence-corrected chi connectivity index (χ1v) is 5.27. The number of ether oxygens (including phenoxy) is 1. The Kier molecular flexibility index (Phi) is 3.87. The summed E-state index contributed by atoms with van der Waals surface area (Å²) in [6.45, 7) is 3.40. The van der Waals surface area contributed by atoms with Crippen molar-refractivity contribution in [1.29, 1.82) is 0 Å². The zero-order valence-electron chi connectivity index (χ0n) is 8.45. The van der Waals surface area contributed by atoms with Gasteiger partial charge in [0, 0.05) is 0 Å². The van der Waals surface area contributed by atoms with Gasteiger partial charge in [-0.2, -0.15) is 0 Å². The van der Waals surface area contributed by atoms with Gasteiger partial charge in [-0.15, -0.1) is 0 Å². The molecule has 0 heterocycles. The molecule has 5 heteroatoms. The number of carbonyl (C=O) groups is 1. The van der Waals surface area contributed by atoms with E-state index < -0.39 is 5.97 Å². The molecule has 0 aliphatic heterocycles. The lowest BCUT2D eigenvalue weighted by Crippen LogP contribution is -2.07. The first-order chi connectivity index (χ1) is 6.91. The third-order valence-corrected chi connectivity index (χ3v) is 3.70. The Morgan fingerprint density at radius 1 is 1.00 bits per heavy atom. The molecule has 1 aromatic carbocycles. The van der Waals surface area contributed by atoms with Crippen LogP contribution in [0.1, 0.15) is 21.5 Å². The number of hydrogen-bond donors (Lipinski definition) is 0. The van der Waals surface area contributed by atoms with Crippen molar-refractivity contribution in [3.05, 3.63) is 31.8 Å². The lowest BCUT2D eigenvalue weighted by atomic mass is 10.0. The fourth-order valence-electron chi connectivity index (χ4n) is 1.33. The monoisotopic (exact) mass is 266 g/mol. The van der Waals surface area contributed by atoms with Gasteiger partial charge in [0.2, 0.25) is 0 Å². The number of methoxy groups -OCH3 is 1. The zero-order valence-corrected chi connectivity index (χ0v) is 10.7. The maximum absolute atomic E-state index is 11.5. The Morgan fingerprint density at radius 3 is 1.73 bits per heavy atom. The molecule has 0 amide bonds. The highest BCUT2D eigenvalue weighted by atomic mass is 35.5. The van der Waals surface area contributed by atoms with Crippen LogP contribution in [0.5, 0.6) is 0 Å². The molecule has 0 saturated carbocycles. The van der Waals surface area contributed by atoms with E-state index in [2.05, 4.69) is 4.74 Å². The van der Waals surface area contributed by atoms with Crippen molar-refractivity contribution in [3.8, 4) is 0 Å². The summed E-state index contributed by atoms with van der Waals surface area (Å²) in [6.07, 6.45) is 0. The highest BCUT2D eigenvalue weighted by Gasteiger charge is 2.21. The molecule has 0 N–H and O–H groups in total. The minimum absolute atomic E-state index is 0.265. The van der Waals surface area contributed by atoms with Crippen LogP contribution in [-0.2, 0) is 4.74 Å². The maximum Gasteiger partial charge on any atom is 0.338 e. The van der Waals surface area contributed by atoms with Gasteiger partial charge < -0.3 is 4.74 Å². The van der Waals surface area contributed by atoms with E-state index in [1.54, 1.807) is 13.8 Å². The van der Waals surface area contributed by atoms with Crippen molar-refractivity contribution in [2.24, 2.45) is 0 Å². The van der Waals surface area contributed by atoms with E-state index in [9.17, 15) is 4.79 Å². The minimum atomic E-state index is -0.467. The summed E-state index contributed by atoms with van der Waals surface area (Å²) < 4.78 is 4.65. The highest BCUT2D eigenvalue weighted by Crippen LogP contribution is 2.38. The second-order valence-electron chi connectivity index (χ2n) is 3.06. The molecule has 0 bridgehead atoms. The standard InChI is InChI=1S/C10H9Cl3O2/c1-4-6(10(14)15-3)5(2)8(12)9(13)7(4)11/h1-3H3. The number of esters is 1. The summed E-state index contributed by atoms with van der Waals surface area (Å²) in [5.41, 5.74) is 1.53. The van der Waals surface area contributed by atoms with Crippen LogP contribution in [-0.4, -0.2) is 13.1 Å². The fourth-order valence-corrected chi connectivity index (χ4v) is 2.04. The first-order valence-electron chi connectivity index (χ1n) is 4.13. The zero-order chi connectivity index (χ0) is 11.7. The fraction of sp³-hybridized carbons (Fsp3) is 0.300. The molecule has 0 spiro atoms. The molecule has 15 heavy (non-hydrogen) atoms. The molecular formula is C10H9Cl3O2. The van der Waals surface area contributed by atoms with E-state index in [-0.39, 0.29) is 15.1 Å². The number of rotatable bonds is 1. The van der Waals surface area contributed by atoms with Crippen LogP contribution in [0.3, 0.4) is 0 Å². The summed E-state index contributed by atoms with van der Waals surface area (Å²) in [6, 6.07) is 0. The Labute approximate surface area is 103 Å². The van der Waals surface area contributed by atoms with Crippen molar-refractivity contribution < 1.29 is 9.53 Å². The van der Waals surface area contributed by atoms with E-state index in [1.165, 1.54) is 7.11 Å². The Hall–Kier alpha value is -0.440. The predicted octanol–water partition coefficient (Wildman–Crippen LogP) is 4.05. The van der Waals surface area contributed by atoms with Gasteiger partial charge in [0.25, 0.3) is 0 Å². The van der Waals surface area contributed by atoms with Crippen molar-refractivity contribution in [3.63, 3.8) is 0 Å². The molecule has 0 atom stereocenters. The van der Waals surface area contributed by atoms with Gasteiger partial charge >= 0.3 is 5.97 Å². The van der Waals surface area contributed by atoms with Crippen molar-refractivity contribution in [2.45, 2.75) is 13.8 Å². The Balaban J connectivity index is 3.60. The molecule has 1 aromatic rings. The molecule has 0 aromatic heterocycles. The van der Waals surface area contributed by atoms with Crippen LogP contribution in [0.2, 0.25) is 15.1 Å². The Bertz CT molecular complexity index is 398. The van der Waals surface area contributed by atoms with Crippen molar-refractivity contribution >= 4 is 40.8 Å². The second kappa shape index (κ2) is 4.60. The molecule has 82 valence electrons. The summed E-state index contributed by atoms with van der Waals surface area (Å²) in [5.74, 6) is -0.467. The van der Waals surface area contributed by atoms with E-state index in [4.69, 9.17) is 34.8 Å². The van der Waals surface area contributed by atoms with Crippen LogP contribution in [0.15, 0.2) is 0 Å². The third kappa shape index (κ3) is 2.07. The molecule has 2 nitrogen and oxygen atoms in total. The molecule has 0 unspecified atom stereocenters. The normalized spacial score (nSPS) is 10.3. The van der Waals surface area contributed by atoms with Crippen molar-refractivity contribution in [1.82, 2.24) is 0 Å². The average Bonchev–Trinajstić information content (AvgIpc) is 2.23. The van der Waals surface area contributed by atoms with Gasteiger partial charge in [-0.1, -0.05) is 34.8 Å². The number of benzene rings is 1. The quantitative estimate of drug-likeness (QED) is 0.567. The van der Waals surface area contributed by atoms with Crippen LogP contribution in [0, 0.1) is 13.8 Å². The molecule has 0 saturated heterocycles. The van der Waals surface area contributed by atoms with Gasteiger partial charge in [-0.05, 0) is 25.0 Å². The SMILES string of the molecule is COC(=O)c1c(C)c(Cl)c(Cl)c(Cl)c1C. The summed E-state index contributed by atoms with van der Waals surface area (Å²) in [4.78, 5) is 11.5. The maximum atomic E-state index is 11.5. The third-order valence-electron chi connectivity index (χ3n) is 2.18. The van der Waals surface area contributed by atoms with Crippen LogP contribution < -0.4 is 0 Å². The molecule has 1 rings (SSSR count). The van der Waals surface area contributed by atoms with E-state index >= 15 is 0 Å². The highest BCUT2D eigenvalue weighted by molar-refractivity contribution is 6.49. The Morgan fingerprint density at radius 2 is 1.40 bits per heavy atom. The van der Waals surface area contributed by atoms with Gasteiger partial charge in [0.15, 0.2) is 0 Å². The van der Waals surface area contributed by atoms with Gasteiger partial charge in [0.05, 0.1) is 27.7 Å². The van der Waals surface area contributed by atoms with E-state index in [0.717, 1.165) is 0 Å². The van der Waals surface area contributed by atoms with Crippen molar-refractivity contribution in [2.75, 3.05) is 7.11 Å². The second-order valence-corrected chi connectivity index (χ2v) is 4.19. The minimum Gasteiger partial charge on any atom is -0.465 e. The van der Waals surface area contributed by atoms with Crippen LogP contribution in [0.4, 0.5) is 0 Å². The van der Waals surface area contributed by atoms with Gasteiger partial charge in [-0.25, -0.2) is 4.79 Å². The first kappa shape index (κ1) is 12.6. The lowest BCUT2D eigenvalue weighted by molar-refractivity contribution is 0.0599. The van der Waals surface area contributed by atoms with Gasteiger partial charge in [0.1, 0.15) is 0 Å².